The number of esters is 1. The highest BCUT2D eigenvalue weighted by atomic mass is 16.5. The van der Waals surface area contributed by atoms with Crippen molar-refractivity contribution >= 4 is 5.97 Å². The third kappa shape index (κ3) is 4.20. The smallest absolute Gasteiger partial charge is 0.313 e. The third-order valence-corrected chi connectivity index (χ3v) is 3.43. The van der Waals surface area contributed by atoms with Gasteiger partial charge in [0.2, 0.25) is 0 Å². The van der Waals surface area contributed by atoms with Crippen LogP contribution in [-0.2, 0) is 9.53 Å². The van der Waals surface area contributed by atoms with Crippen molar-refractivity contribution in [2.75, 3.05) is 27.2 Å². The van der Waals surface area contributed by atoms with Crippen molar-refractivity contribution in [2.24, 2.45) is 0 Å². The number of carbonyl (C=O) groups excluding carboxylic acids is 1. The van der Waals surface area contributed by atoms with E-state index in [-0.39, 0.29) is 11.9 Å². The standard InChI is InChI=1S/C17H22N2O2/c1-14(17(20)21-13-12-18(2)3)15-6-8-16(9-7-15)19-10-4-5-11-19/h4-11,14H,12-13H2,1-3H3. The van der Waals surface area contributed by atoms with Crippen LogP contribution in [-0.4, -0.2) is 42.7 Å². The Labute approximate surface area is 125 Å². The van der Waals surface area contributed by atoms with Gasteiger partial charge in [-0.15, -0.1) is 0 Å². The molecule has 0 aliphatic carbocycles. The molecule has 0 saturated carbocycles. The van der Waals surface area contributed by atoms with Gasteiger partial charge in [0.15, 0.2) is 0 Å². The molecule has 1 aromatic heterocycles. The molecular weight excluding hydrogens is 264 g/mol. The van der Waals surface area contributed by atoms with Gasteiger partial charge in [-0.1, -0.05) is 12.1 Å². The second-order valence-corrected chi connectivity index (χ2v) is 5.37. The summed E-state index contributed by atoms with van der Waals surface area (Å²) in [5.74, 6) is -0.420. The van der Waals surface area contributed by atoms with Gasteiger partial charge in [0.05, 0.1) is 5.92 Å². The van der Waals surface area contributed by atoms with Crippen molar-refractivity contribution in [3.63, 3.8) is 0 Å². The summed E-state index contributed by atoms with van der Waals surface area (Å²) >= 11 is 0. The Hall–Kier alpha value is -2.07. The summed E-state index contributed by atoms with van der Waals surface area (Å²) in [6.07, 6.45) is 3.99. The minimum absolute atomic E-state index is 0.175. The Morgan fingerprint density at radius 2 is 1.81 bits per heavy atom. The monoisotopic (exact) mass is 286 g/mol. The molecule has 0 aliphatic rings. The summed E-state index contributed by atoms with van der Waals surface area (Å²) < 4.78 is 7.32. The van der Waals surface area contributed by atoms with Crippen LogP contribution in [0.5, 0.6) is 0 Å². The van der Waals surface area contributed by atoms with Crippen LogP contribution in [0, 0.1) is 0 Å². The molecular formula is C17H22N2O2. The largest absolute Gasteiger partial charge is 0.464 e. The number of hydrogen-bond donors (Lipinski definition) is 0. The summed E-state index contributed by atoms with van der Waals surface area (Å²) in [7, 11) is 3.91. The zero-order valence-electron chi connectivity index (χ0n) is 12.8. The van der Waals surface area contributed by atoms with Gasteiger partial charge in [-0.25, -0.2) is 0 Å². The van der Waals surface area contributed by atoms with Crippen molar-refractivity contribution < 1.29 is 9.53 Å². The van der Waals surface area contributed by atoms with Gasteiger partial charge in [0.1, 0.15) is 6.61 Å². The maximum Gasteiger partial charge on any atom is 0.313 e. The Balaban J connectivity index is 1.96. The van der Waals surface area contributed by atoms with Crippen LogP contribution in [0.3, 0.4) is 0 Å². The lowest BCUT2D eigenvalue weighted by Crippen LogP contribution is -2.22. The van der Waals surface area contributed by atoms with Gasteiger partial charge in [-0.2, -0.15) is 0 Å². The van der Waals surface area contributed by atoms with Gasteiger partial charge in [-0.05, 0) is 50.8 Å². The highest BCUT2D eigenvalue weighted by Crippen LogP contribution is 2.19. The summed E-state index contributed by atoms with van der Waals surface area (Å²) in [6.45, 7) is 3.05. The number of likely N-dealkylation sites (N-methyl/N-ethyl adjacent to an activating group) is 1. The quantitative estimate of drug-likeness (QED) is 0.766. The lowest BCUT2D eigenvalue weighted by molar-refractivity contribution is -0.145. The fraction of sp³-hybridized carbons (Fsp3) is 0.353. The van der Waals surface area contributed by atoms with Gasteiger partial charge in [0, 0.05) is 24.6 Å². The lowest BCUT2D eigenvalue weighted by atomic mass is 10.0. The third-order valence-electron chi connectivity index (χ3n) is 3.43. The maximum atomic E-state index is 12.0. The van der Waals surface area contributed by atoms with Gasteiger partial charge < -0.3 is 14.2 Å². The second-order valence-electron chi connectivity index (χ2n) is 5.37. The Morgan fingerprint density at radius 3 is 2.38 bits per heavy atom. The molecule has 112 valence electrons. The van der Waals surface area contributed by atoms with Gasteiger partial charge >= 0.3 is 5.97 Å². The lowest BCUT2D eigenvalue weighted by Gasteiger charge is -2.14. The fourth-order valence-corrected chi connectivity index (χ4v) is 2.03. The van der Waals surface area contributed by atoms with Crippen LogP contribution in [0.25, 0.3) is 5.69 Å². The number of hydrogen-bond acceptors (Lipinski definition) is 3. The van der Waals surface area contributed by atoms with E-state index in [0.717, 1.165) is 17.8 Å². The zero-order chi connectivity index (χ0) is 15.2. The first kappa shape index (κ1) is 15.3. The summed E-state index contributed by atoms with van der Waals surface area (Å²) in [4.78, 5) is 14.0. The molecule has 0 saturated heterocycles. The maximum absolute atomic E-state index is 12.0. The highest BCUT2D eigenvalue weighted by molar-refractivity contribution is 5.77. The van der Waals surface area contributed by atoms with Crippen LogP contribution >= 0.6 is 0 Å². The van der Waals surface area contributed by atoms with Crippen LogP contribution in [0.4, 0.5) is 0 Å². The molecule has 0 radical (unpaired) electrons. The van der Waals surface area contributed by atoms with E-state index in [1.807, 2.05) is 79.3 Å². The Morgan fingerprint density at radius 1 is 1.19 bits per heavy atom. The number of aromatic nitrogens is 1. The zero-order valence-corrected chi connectivity index (χ0v) is 12.8. The molecule has 0 N–H and O–H groups in total. The molecule has 0 amide bonds. The number of benzene rings is 1. The van der Waals surface area contributed by atoms with E-state index >= 15 is 0 Å². The van der Waals surface area contributed by atoms with Crippen molar-refractivity contribution in [3.05, 3.63) is 54.4 Å². The summed E-state index contributed by atoms with van der Waals surface area (Å²) in [5.41, 5.74) is 2.05. The molecule has 4 nitrogen and oxygen atoms in total. The minimum Gasteiger partial charge on any atom is -0.464 e. The van der Waals surface area contributed by atoms with Crippen molar-refractivity contribution in [2.45, 2.75) is 12.8 Å². The molecule has 0 bridgehead atoms. The molecule has 0 spiro atoms. The average Bonchev–Trinajstić information content (AvgIpc) is 3.00. The number of ether oxygens (including phenoxy) is 1. The Bertz CT molecular complexity index is 559. The molecule has 1 atom stereocenters. The van der Waals surface area contributed by atoms with Crippen LogP contribution in [0.2, 0.25) is 0 Å². The van der Waals surface area contributed by atoms with E-state index < -0.39 is 0 Å². The van der Waals surface area contributed by atoms with E-state index in [4.69, 9.17) is 4.74 Å². The first-order valence-corrected chi connectivity index (χ1v) is 7.12. The van der Waals surface area contributed by atoms with Crippen molar-refractivity contribution in [1.29, 1.82) is 0 Å². The Kier molecular flexibility index (Phi) is 5.17. The SMILES string of the molecule is CC(C(=O)OCCN(C)C)c1ccc(-n2cccc2)cc1. The molecule has 1 unspecified atom stereocenters. The second kappa shape index (κ2) is 7.09. The van der Waals surface area contributed by atoms with E-state index in [0.29, 0.717) is 6.61 Å². The van der Waals surface area contributed by atoms with Crippen molar-refractivity contribution in [1.82, 2.24) is 9.47 Å². The van der Waals surface area contributed by atoms with E-state index in [1.54, 1.807) is 0 Å². The minimum atomic E-state index is -0.245. The first-order chi connectivity index (χ1) is 10.1. The van der Waals surface area contributed by atoms with E-state index in [2.05, 4.69) is 0 Å². The molecule has 1 aromatic carbocycles. The number of rotatable bonds is 6. The van der Waals surface area contributed by atoms with Crippen LogP contribution in [0.1, 0.15) is 18.4 Å². The van der Waals surface area contributed by atoms with Crippen LogP contribution in [0.15, 0.2) is 48.8 Å². The topological polar surface area (TPSA) is 34.5 Å². The summed E-state index contributed by atoms with van der Waals surface area (Å²) in [6, 6.07) is 12.0. The number of carbonyl (C=O) groups is 1. The van der Waals surface area contributed by atoms with Crippen molar-refractivity contribution in [3.8, 4) is 5.69 Å². The molecule has 4 heteroatoms. The normalized spacial score (nSPS) is 12.4. The molecule has 21 heavy (non-hydrogen) atoms. The van der Waals surface area contributed by atoms with Gasteiger partial charge in [0.25, 0.3) is 0 Å². The molecule has 2 rings (SSSR count). The van der Waals surface area contributed by atoms with E-state index in [1.165, 1.54) is 0 Å². The predicted molar refractivity (Wildman–Crippen MR) is 83.7 cm³/mol. The predicted octanol–water partition coefficient (Wildman–Crippen LogP) is 2.69. The number of nitrogens with zero attached hydrogens (tertiary/aromatic N) is 2. The summed E-state index contributed by atoms with van der Waals surface area (Å²) in [5, 5.41) is 0. The molecule has 2 aromatic rings. The van der Waals surface area contributed by atoms with E-state index in [9.17, 15) is 4.79 Å². The van der Waals surface area contributed by atoms with Gasteiger partial charge in [-0.3, -0.25) is 4.79 Å². The molecule has 0 fully saturated rings. The first-order valence-electron chi connectivity index (χ1n) is 7.12. The molecule has 1 heterocycles. The van der Waals surface area contributed by atoms with Crippen LogP contribution < -0.4 is 0 Å². The fourth-order valence-electron chi connectivity index (χ4n) is 2.03. The highest BCUT2D eigenvalue weighted by Gasteiger charge is 2.16. The average molecular weight is 286 g/mol. The molecule has 0 aliphatic heterocycles.